The van der Waals surface area contributed by atoms with Crippen molar-refractivity contribution < 1.29 is 4.79 Å². The third-order valence-electron chi connectivity index (χ3n) is 4.69. The van der Waals surface area contributed by atoms with Gasteiger partial charge in [-0.1, -0.05) is 42.1 Å². The Morgan fingerprint density at radius 1 is 1.03 bits per heavy atom. The molecule has 0 fully saturated rings. The topological polar surface area (TPSA) is 64.0 Å². The van der Waals surface area contributed by atoms with Gasteiger partial charge < -0.3 is 5.32 Å². The van der Waals surface area contributed by atoms with Gasteiger partial charge in [0.1, 0.15) is 0 Å². The lowest BCUT2D eigenvalue weighted by Gasteiger charge is -2.14. The average Bonchev–Trinajstić information content (AvgIpc) is 2.73. The van der Waals surface area contributed by atoms with Crippen molar-refractivity contribution in [2.75, 3.05) is 11.1 Å². The number of benzene rings is 3. The highest BCUT2D eigenvalue weighted by Crippen LogP contribution is 2.24. The number of nitrogens with one attached hydrogen (secondary N) is 1. The van der Waals surface area contributed by atoms with E-state index in [1.807, 2.05) is 68.4 Å². The summed E-state index contributed by atoms with van der Waals surface area (Å²) in [5.74, 6) is -0.0528. The predicted molar refractivity (Wildman–Crippen MR) is 130 cm³/mol. The van der Waals surface area contributed by atoms with Gasteiger partial charge >= 0.3 is 0 Å². The number of aromatic nitrogens is 2. The van der Waals surface area contributed by atoms with Gasteiger partial charge in [-0.15, -0.1) is 0 Å². The predicted octanol–water partition coefficient (Wildman–Crippen LogP) is 5.50. The zero-order valence-corrected chi connectivity index (χ0v) is 19.5. The van der Waals surface area contributed by atoms with Gasteiger partial charge in [0.15, 0.2) is 5.16 Å². The third kappa shape index (κ3) is 4.73. The molecule has 5 nitrogen and oxygen atoms in total. The second kappa shape index (κ2) is 9.08. The lowest BCUT2D eigenvalue weighted by Crippen LogP contribution is -2.23. The van der Waals surface area contributed by atoms with Gasteiger partial charge in [0, 0.05) is 4.47 Å². The first-order valence-corrected chi connectivity index (χ1v) is 11.5. The molecule has 0 saturated carbocycles. The normalized spacial score (nSPS) is 10.9. The SMILES string of the molecule is Cc1cc(C)cc(-n2c(SCC(=O)Nc3ccccc3Br)nc3ccccc3c2=O)c1. The number of carbonyl (C=O) groups excluding carboxylic acids is 1. The Balaban J connectivity index is 1.71. The number of para-hydroxylation sites is 2. The molecule has 7 heteroatoms. The van der Waals surface area contributed by atoms with Crippen molar-refractivity contribution in [1.82, 2.24) is 9.55 Å². The van der Waals surface area contributed by atoms with Crippen LogP contribution in [0.5, 0.6) is 0 Å². The number of rotatable bonds is 5. The highest BCUT2D eigenvalue weighted by atomic mass is 79.9. The molecule has 1 aromatic heterocycles. The summed E-state index contributed by atoms with van der Waals surface area (Å²) in [7, 11) is 0. The number of halogens is 1. The van der Waals surface area contributed by atoms with Crippen molar-refractivity contribution in [3.8, 4) is 5.69 Å². The van der Waals surface area contributed by atoms with Crippen LogP contribution in [0, 0.1) is 13.8 Å². The Morgan fingerprint density at radius 3 is 2.45 bits per heavy atom. The number of thioether (sulfide) groups is 1. The Hall–Kier alpha value is -2.90. The summed E-state index contributed by atoms with van der Waals surface area (Å²) in [5, 5.41) is 3.92. The number of fused-ring (bicyclic) bond motifs is 1. The van der Waals surface area contributed by atoms with E-state index in [-0.39, 0.29) is 17.2 Å². The van der Waals surface area contributed by atoms with Gasteiger partial charge in [0.25, 0.3) is 5.56 Å². The molecule has 31 heavy (non-hydrogen) atoms. The molecule has 4 rings (SSSR count). The van der Waals surface area contributed by atoms with Crippen molar-refractivity contribution in [1.29, 1.82) is 0 Å². The Bertz CT molecular complexity index is 1330. The minimum atomic E-state index is -0.175. The summed E-state index contributed by atoms with van der Waals surface area (Å²) in [6.45, 7) is 3.99. The quantitative estimate of drug-likeness (QED) is 0.294. The molecule has 1 heterocycles. The van der Waals surface area contributed by atoms with Gasteiger partial charge in [-0.2, -0.15) is 0 Å². The summed E-state index contributed by atoms with van der Waals surface area (Å²) >= 11 is 4.67. The molecule has 0 spiro atoms. The monoisotopic (exact) mass is 493 g/mol. The number of aryl methyl sites for hydroxylation is 2. The van der Waals surface area contributed by atoms with Crippen LogP contribution in [0.25, 0.3) is 16.6 Å². The van der Waals surface area contributed by atoms with E-state index in [1.54, 1.807) is 10.6 Å². The Labute approximate surface area is 192 Å². The number of nitrogens with zero attached hydrogens (tertiary/aromatic N) is 2. The van der Waals surface area contributed by atoms with Gasteiger partial charge in [-0.3, -0.25) is 14.2 Å². The standard InChI is InChI=1S/C24H20BrN3O2S/c1-15-11-16(2)13-17(12-15)28-23(30)18-7-3-5-9-20(18)27-24(28)31-14-22(29)26-21-10-6-4-8-19(21)25/h3-13H,14H2,1-2H3,(H,26,29). The van der Waals surface area contributed by atoms with Gasteiger partial charge in [-0.25, -0.2) is 4.98 Å². The molecule has 0 aliphatic heterocycles. The minimum absolute atomic E-state index is 0.122. The zero-order chi connectivity index (χ0) is 22.0. The summed E-state index contributed by atoms with van der Waals surface area (Å²) in [4.78, 5) is 30.6. The van der Waals surface area contributed by atoms with Crippen LogP contribution in [0.4, 0.5) is 5.69 Å². The number of hydrogen-bond donors (Lipinski definition) is 1. The first-order chi connectivity index (χ1) is 14.9. The fourth-order valence-corrected chi connectivity index (χ4v) is 4.59. The summed E-state index contributed by atoms with van der Waals surface area (Å²) in [6.07, 6.45) is 0. The summed E-state index contributed by atoms with van der Waals surface area (Å²) in [6, 6.07) is 20.7. The van der Waals surface area contributed by atoms with Crippen LogP contribution in [0.2, 0.25) is 0 Å². The molecule has 1 amide bonds. The van der Waals surface area contributed by atoms with Crippen LogP contribution in [0.1, 0.15) is 11.1 Å². The highest BCUT2D eigenvalue weighted by Gasteiger charge is 2.15. The van der Waals surface area contributed by atoms with Crippen molar-refractivity contribution >= 4 is 50.2 Å². The molecule has 0 saturated heterocycles. The molecular formula is C24H20BrN3O2S. The molecule has 156 valence electrons. The molecule has 4 aromatic rings. The van der Waals surface area contributed by atoms with E-state index in [0.717, 1.165) is 21.3 Å². The second-order valence-electron chi connectivity index (χ2n) is 7.21. The number of carbonyl (C=O) groups is 1. The van der Waals surface area contributed by atoms with Gasteiger partial charge in [0.2, 0.25) is 5.91 Å². The average molecular weight is 494 g/mol. The lowest BCUT2D eigenvalue weighted by atomic mass is 10.1. The van der Waals surface area contributed by atoms with E-state index in [4.69, 9.17) is 4.98 Å². The smallest absolute Gasteiger partial charge is 0.266 e. The van der Waals surface area contributed by atoms with E-state index in [2.05, 4.69) is 27.3 Å². The van der Waals surface area contributed by atoms with Crippen LogP contribution in [-0.4, -0.2) is 21.2 Å². The Morgan fingerprint density at radius 2 is 1.71 bits per heavy atom. The number of hydrogen-bond acceptors (Lipinski definition) is 4. The third-order valence-corrected chi connectivity index (χ3v) is 6.32. The van der Waals surface area contributed by atoms with E-state index < -0.39 is 0 Å². The highest BCUT2D eigenvalue weighted by molar-refractivity contribution is 9.10. The summed E-state index contributed by atoms with van der Waals surface area (Å²) in [5.41, 5.74) is 4.02. The van der Waals surface area contributed by atoms with E-state index in [9.17, 15) is 9.59 Å². The van der Waals surface area contributed by atoms with Gasteiger partial charge in [-0.05, 0) is 77.3 Å². The van der Waals surface area contributed by atoms with Crippen molar-refractivity contribution in [2.24, 2.45) is 0 Å². The summed E-state index contributed by atoms with van der Waals surface area (Å²) < 4.78 is 2.41. The van der Waals surface area contributed by atoms with Crippen molar-refractivity contribution in [3.05, 3.63) is 92.7 Å². The molecule has 0 radical (unpaired) electrons. The fourth-order valence-electron chi connectivity index (χ4n) is 3.40. The van der Waals surface area contributed by atoms with Gasteiger partial charge in [0.05, 0.1) is 28.0 Å². The maximum atomic E-state index is 13.4. The van der Waals surface area contributed by atoms with Crippen molar-refractivity contribution in [3.63, 3.8) is 0 Å². The second-order valence-corrected chi connectivity index (χ2v) is 9.01. The first-order valence-electron chi connectivity index (χ1n) is 9.70. The number of anilines is 1. The first kappa shape index (κ1) is 21.3. The zero-order valence-electron chi connectivity index (χ0n) is 17.1. The molecule has 0 bridgehead atoms. The van der Waals surface area contributed by atoms with Crippen LogP contribution < -0.4 is 10.9 Å². The molecular weight excluding hydrogens is 474 g/mol. The maximum Gasteiger partial charge on any atom is 0.266 e. The molecule has 1 N–H and O–H groups in total. The minimum Gasteiger partial charge on any atom is -0.324 e. The number of amides is 1. The fraction of sp³-hybridized carbons (Fsp3) is 0.125. The molecule has 3 aromatic carbocycles. The lowest BCUT2D eigenvalue weighted by molar-refractivity contribution is -0.113. The van der Waals surface area contributed by atoms with Crippen LogP contribution >= 0.6 is 27.7 Å². The Kier molecular flexibility index (Phi) is 6.25. The largest absolute Gasteiger partial charge is 0.324 e. The van der Waals surface area contributed by atoms with E-state index in [1.165, 1.54) is 11.8 Å². The van der Waals surface area contributed by atoms with Crippen LogP contribution in [0.3, 0.4) is 0 Å². The molecule has 0 atom stereocenters. The van der Waals surface area contributed by atoms with Crippen LogP contribution in [-0.2, 0) is 4.79 Å². The van der Waals surface area contributed by atoms with Crippen molar-refractivity contribution in [2.45, 2.75) is 19.0 Å². The molecule has 0 aliphatic rings. The molecule has 0 unspecified atom stereocenters. The van der Waals surface area contributed by atoms with E-state index in [0.29, 0.717) is 21.7 Å². The van der Waals surface area contributed by atoms with E-state index >= 15 is 0 Å². The van der Waals surface area contributed by atoms with Crippen LogP contribution in [0.15, 0.2) is 81.2 Å². The maximum absolute atomic E-state index is 13.4. The molecule has 0 aliphatic carbocycles.